The van der Waals surface area contributed by atoms with Gasteiger partial charge in [-0.15, -0.1) is 0 Å². The van der Waals surface area contributed by atoms with E-state index in [4.69, 9.17) is 0 Å². The molecule has 0 aromatic heterocycles. The van der Waals surface area contributed by atoms with Gasteiger partial charge in [0.2, 0.25) is 0 Å². The number of imide groups is 1. The van der Waals surface area contributed by atoms with Crippen LogP contribution in [0.5, 0.6) is 5.75 Å². The van der Waals surface area contributed by atoms with Crippen molar-refractivity contribution in [2.75, 3.05) is 6.54 Å². The number of hydrogen-bond donors (Lipinski definition) is 1. The lowest BCUT2D eigenvalue weighted by Crippen LogP contribution is -2.42. The summed E-state index contributed by atoms with van der Waals surface area (Å²) in [6.45, 7) is -2.50. The molecule has 0 radical (unpaired) electrons. The molecule has 1 aliphatic rings. The molecule has 2 aromatic carbocycles. The molecule has 6 nitrogen and oxygen atoms in total. The molecule has 1 heterocycles. The van der Waals surface area contributed by atoms with Gasteiger partial charge in [0.05, 0.1) is 6.54 Å². The van der Waals surface area contributed by atoms with E-state index in [0.29, 0.717) is 4.90 Å². The summed E-state index contributed by atoms with van der Waals surface area (Å²) < 4.78 is 56.2. The van der Waals surface area contributed by atoms with Crippen LogP contribution in [-0.4, -0.2) is 35.8 Å². The Hall–Kier alpha value is -3.43. The van der Waals surface area contributed by atoms with Crippen molar-refractivity contribution in [2.45, 2.75) is 19.1 Å². The summed E-state index contributed by atoms with van der Waals surface area (Å²) in [5, 5.41) is 2.28. The van der Waals surface area contributed by atoms with E-state index < -0.39 is 48.1 Å². The molecule has 1 N–H and O–H groups in total. The van der Waals surface area contributed by atoms with Crippen LogP contribution in [-0.2, 0) is 10.3 Å². The zero-order chi connectivity index (χ0) is 21.3. The summed E-state index contributed by atoms with van der Waals surface area (Å²) in [5.74, 6) is -3.46. The van der Waals surface area contributed by atoms with Gasteiger partial charge in [-0.25, -0.2) is 13.6 Å². The first-order valence-corrected chi connectivity index (χ1v) is 8.29. The number of amides is 3. The maximum absolute atomic E-state index is 14.1. The number of ether oxygens (including phenoxy) is 1. The molecule has 0 spiro atoms. The van der Waals surface area contributed by atoms with Gasteiger partial charge < -0.3 is 10.1 Å². The fraction of sp³-hybridized carbons (Fsp3) is 0.211. The molecule has 0 unspecified atom stereocenters. The second-order valence-electron chi connectivity index (χ2n) is 6.40. The summed E-state index contributed by atoms with van der Waals surface area (Å²) in [5.41, 5.74) is -2.23. The molecule has 10 heteroatoms. The summed E-state index contributed by atoms with van der Waals surface area (Å²) in [6, 6.07) is 6.20. The number of carbonyl (C=O) groups is 3. The van der Waals surface area contributed by atoms with E-state index in [2.05, 4.69) is 10.1 Å². The van der Waals surface area contributed by atoms with Crippen molar-refractivity contribution in [3.05, 3.63) is 65.2 Å². The molecule has 1 fully saturated rings. The van der Waals surface area contributed by atoms with Crippen LogP contribution in [0, 0.1) is 11.6 Å². The maximum atomic E-state index is 14.1. The first kappa shape index (κ1) is 20.3. The Morgan fingerprint density at radius 1 is 1.14 bits per heavy atom. The highest BCUT2D eigenvalue weighted by Gasteiger charge is 2.50. The summed E-state index contributed by atoms with van der Waals surface area (Å²) in [6.07, 6.45) is 0. The highest BCUT2D eigenvalue weighted by atomic mass is 19.3. The average Bonchev–Trinajstić information content (AvgIpc) is 2.87. The number of halogens is 4. The molecule has 1 atom stereocenters. The van der Waals surface area contributed by atoms with Gasteiger partial charge >= 0.3 is 12.6 Å². The number of ketones is 1. The van der Waals surface area contributed by atoms with Gasteiger partial charge in [-0.2, -0.15) is 8.78 Å². The predicted molar refractivity (Wildman–Crippen MR) is 91.4 cm³/mol. The number of nitrogens with zero attached hydrogens (tertiary/aromatic N) is 1. The summed E-state index contributed by atoms with van der Waals surface area (Å²) >= 11 is 0. The Kier molecular flexibility index (Phi) is 5.27. The van der Waals surface area contributed by atoms with Gasteiger partial charge in [-0.3, -0.25) is 14.5 Å². The van der Waals surface area contributed by atoms with Crippen molar-refractivity contribution >= 4 is 17.7 Å². The molecule has 2 aromatic rings. The maximum Gasteiger partial charge on any atom is 0.387 e. The van der Waals surface area contributed by atoms with Crippen LogP contribution < -0.4 is 10.1 Å². The number of alkyl halides is 2. The number of benzene rings is 2. The minimum absolute atomic E-state index is 0.0396. The third-order valence-electron chi connectivity index (χ3n) is 4.45. The lowest BCUT2D eigenvalue weighted by molar-refractivity contribution is -0.130. The lowest BCUT2D eigenvalue weighted by atomic mass is 9.91. The molecular formula is C19H14F4N2O4. The minimum Gasteiger partial charge on any atom is -0.435 e. The zero-order valence-electron chi connectivity index (χ0n) is 14.9. The highest BCUT2D eigenvalue weighted by molar-refractivity contribution is 6.11. The minimum atomic E-state index is -3.02. The number of urea groups is 1. The topological polar surface area (TPSA) is 75.7 Å². The molecule has 1 saturated heterocycles. The average molecular weight is 410 g/mol. The second-order valence-corrected chi connectivity index (χ2v) is 6.40. The third-order valence-corrected chi connectivity index (χ3v) is 4.45. The van der Waals surface area contributed by atoms with Gasteiger partial charge in [0.25, 0.3) is 5.91 Å². The van der Waals surface area contributed by atoms with Crippen LogP contribution in [0.25, 0.3) is 0 Å². The number of rotatable bonds is 6. The van der Waals surface area contributed by atoms with Gasteiger partial charge in [0.15, 0.2) is 5.78 Å². The van der Waals surface area contributed by atoms with Gasteiger partial charge in [-0.05, 0) is 49.4 Å². The fourth-order valence-electron chi connectivity index (χ4n) is 2.96. The van der Waals surface area contributed by atoms with E-state index in [-0.39, 0.29) is 16.9 Å². The molecule has 3 rings (SSSR count). The lowest BCUT2D eigenvalue weighted by Gasteiger charge is -2.22. The molecule has 1 aliphatic heterocycles. The normalized spacial score (nSPS) is 18.9. The van der Waals surface area contributed by atoms with Crippen LogP contribution in [0.4, 0.5) is 22.4 Å². The number of nitrogens with one attached hydrogen (secondary N) is 1. The summed E-state index contributed by atoms with van der Waals surface area (Å²) in [4.78, 5) is 38.0. The fourth-order valence-corrected chi connectivity index (χ4v) is 2.96. The smallest absolute Gasteiger partial charge is 0.387 e. The Morgan fingerprint density at radius 2 is 1.79 bits per heavy atom. The number of Topliss-reactive ketones (excluding diaryl/α,β-unsaturated/α-hetero) is 1. The largest absolute Gasteiger partial charge is 0.435 e. The van der Waals surface area contributed by atoms with E-state index >= 15 is 0 Å². The van der Waals surface area contributed by atoms with Crippen molar-refractivity contribution in [1.29, 1.82) is 0 Å². The Balaban J connectivity index is 1.79. The Bertz CT molecular complexity index is 981. The predicted octanol–water partition coefficient (Wildman–Crippen LogP) is 3.22. The van der Waals surface area contributed by atoms with Crippen LogP contribution in [0.3, 0.4) is 0 Å². The molecular weight excluding hydrogens is 396 g/mol. The van der Waals surface area contributed by atoms with E-state index in [0.717, 1.165) is 30.3 Å². The Morgan fingerprint density at radius 3 is 2.41 bits per heavy atom. The van der Waals surface area contributed by atoms with Crippen LogP contribution >= 0.6 is 0 Å². The molecule has 29 heavy (non-hydrogen) atoms. The van der Waals surface area contributed by atoms with Crippen LogP contribution in [0.2, 0.25) is 0 Å². The van der Waals surface area contributed by atoms with Crippen molar-refractivity contribution < 1.29 is 36.7 Å². The number of hydrogen-bond acceptors (Lipinski definition) is 4. The second kappa shape index (κ2) is 7.53. The van der Waals surface area contributed by atoms with Crippen molar-refractivity contribution in [3.63, 3.8) is 0 Å². The van der Waals surface area contributed by atoms with Gasteiger partial charge in [0, 0.05) is 11.1 Å². The third kappa shape index (κ3) is 3.91. The van der Waals surface area contributed by atoms with E-state index in [1.54, 1.807) is 0 Å². The molecule has 0 bridgehead atoms. The molecule has 3 amide bonds. The first-order chi connectivity index (χ1) is 13.6. The van der Waals surface area contributed by atoms with E-state index in [9.17, 15) is 31.9 Å². The van der Waals surface area contributed by atoms with Gasteiger partial charge in [0.1, 0.15) is 22.9 Å². The first-order valence-electron chi connectivity index (χ1n) is 8.29. The highest BCUT2D eigenvalue weighted by Crippen LogP contribution is 2.31. The zero-order valence-corrected chi connectivity index (χ0v) is 14.9. The monoisotopic (exact) mass is 410 g/mol. The quantitative estimate of drug-likeness (QED) is 0.451. The SMILES string of the molecule is C[C@@]1(c2cc(F)ccc2F)NC(=O)N(CC(=O)c2ccc(OC(F)F)cc2)C1=O. The van der Waals surface area contributed by atoms with Gasteiger partial charge in [-0.1, -0.05) is 0 Å². The number of carbonyl (C=O) groups excluding carboxylic acids is 3. The summed E-state index contributed by atoms with van der Waals surface area (Å²) in [7, 11) is 0. The van der Waals surface area contributed by atoms with Crippen molar-refractivity contribution in [3.8, 4) is 5.75 Å². The standard InChI is InChI=1S/C19H14F4N2O4/c1-19(13-8-11(20)4-7-14(13)21)16(27)25(18(28)24-19)9-15(26)10-2-5-12(6-3-10)29-17(22)23/h2-8,17H,9H2,1H3,(H,24,28)/t19-/m0/s1. The van der Waals surface area contributed by atoms with Crippen LogP contribution in [0.1, 0.15) is 22.8 Å². The van der Waals surface area contributed by atoms with Crippen molar-refractivity contribution in [1.82, 2.24) is 10.2 Å². The Labute approximate surface area is 162 Å². The van der Waals surface area contributed by atoms with E-state index in [1.807, 2.05) is 0 Å². The van der Waals surface area contributed by atoms with Crippen molar-refractivity contribution in [2.24, 2.45) is 0 Å². The van der Waals surface area contributed by atoms with Crippen LogP contribution in [0.15, 0.2) is 42.5 Å². The molecule has 152 valence electrons. The molecule has 0 saturated carbocycles. The van der Waals surface area contributed by atoms with E-state index in [1.165, 1.54) is 19.1 Å². The molecule has 0 aliphatic carbocycles.